The highest BCUT2D eigenvalue weighted by Gasteiger charge is 2.05. The van der Waals surface area contributed by atoms with Crippen molar-refractivity contribution < 1.29 is 0 Å². The van der Waals surface area contributed by atoms with Gasteiger partial charge in [0.25, 0.3) is 0 Å². The number of hydrogen-bond acceptors (Lipinski definition) is 1. The summed E-state index contributed by atoms with van der Waals surface area (Å²) in [4.78, 5) is 4.55. The van der Waals surface area contributed by atoms with Crippen LogP contribution in [0.3, 0.4) is 0 Å². The molecule has 0 aliphatic heterocycles. The SMILES string of the molecule is Cc1ccc2ccn(Cc3cccc4cccnc34)c2c1. The van der Waals surface area contributed by atoms with Crippen molar-refractivity contribution in [2.24, 2.45) is 0 Å². The third kappa shape index (κ3) is 2.09. The van der Waals surface area contributed by atoms with Gasteiger partial charge in [-0.25, -0.2) is 0 Å². The zero-order chi connectivity index (χ0) is 14.2. The van der Waals surface area contributed by atoms with Gasteiger partial charge < -0.3 is 4.57 Å². The Labute approximate surface area is 123 Å². The van der Waals surface area contributed by atoms with E-state index in [4.69, 9.17) is 0 Å². The Morgan fingerprint density at radius 1 is 0.952 bits per heavy atom. The summed E-state index contributed by atoms with van der Waals surface area (Å²) in [6.07, 6.45) is 4.02. The number of pyridine rings is 1. The zero-order valence-corrected chi connectivity index (χ0v) is 12.0. The molecule has 2 aromatic heterocycles. The highest BCUT2D eigenvalue weighted by atomic mass is 15.0. The topological polar surface area (TPSA) is 17.8 Å². The van der Waals surface area contributed by atoms with Gasteiger partial charge in [-0.15, -0.1) is 0 Å². The van der Waals surface area contributed by atoms with Crippen molar-refractivity contribution in [3.63, 3.8) is 0 Å². The van der Waals surface area contributed by atoms with E-state index < -0.39 is 0 Å². The van der Waals surface area contributed by atoms with Crippen LogP contribution in [0.1, 0.15) is 11.1 Å². The fourth-order valence-electron chi connectivity index (χ4n) is 2.91. The molecule has 2 heterocycles. The molecule has 0 N–H and O–H groups in total. The molecule has 0 aliphatic rings. The molecule has 0 radical (unpaired) electrons. The van der Waals surface area contributed by atoms with Crippen molar-refractivity contribution in [2.75, 3.05) is 0 Å². The van der Waals surface area contributed by atoms with Crippen molar-refractivity contribution in [1.82, 2.24) is 9.55 Å². The highest BCUT2D eigenvalue weighted by molar-refractivity contribution is 5.83. The molecular formula is C19H16N2. The second kappa shape index (κ2) is 4.74. The second-order valence-corrected chi connectivity index (χ2v) is 5.50. The van der Waals surface area contributed by atoms with Gasteiger partial charge in [-0.1, -0.05) is 36.4 Å². The smallest absolute Gasteiger partial charge is 0.0751 e. The number of nitrogens with zero attached hydrogens (tertiary/aromatic N) is 2. The summed E-state index contributed by atoms with van der Waals surface area (Å²) in [5.74, 6) is 0. The van der Waals surface area contributed by atoms with Gasteiger partial charge in [-0.05, 0) is 41.6 Å². The molecule has 0 aliphatic carbocycles. The molecule has 0 saturated heterocycles. The minimum Gasteiger partial charge on any atom is -0.343 e. The molecule has 0 saturated carbocycles. The van der Waals surface area contributed by atoms with E-state index in [2.05, 4.69) is 71.2 Å². The molecule has 0 amide bonds. The quantitative estimate of drug-likeness (QED) is 0.523. The van der Waals surface area contributed by atoms with Crippen LogP contribution in [0.15, 0.2) is 67.0 Å². The normalized spacial score (nSPS) is 11.3. The van der Waals surface area contributed by atoms with E-state index in [1.165, 1.54) is 27.4 Å². The van der Waals surface area contributed by atoms with Crippen LogP contribution in [0.4, 0.5) is 0 Å². The molecule has 4 rings (SSSR count). The fourth-order valence-corrected chi connectivity index (χ4v) is 2.91. The van der Waals surface area contributed by atoms with Crippen molar-refractivity contribution in [3.8, 4) is 0 Å². The molecule has 0 unspecified atom stereocenters. The van der Waals surface area contributed by atoms with E-state index in [1.54, 1.807) is 0 Å². The Morgan fingerprint density at radius 3 is 2.81 bits per heavy atom. The minimum atomic E-state index is 0.849. The number of aromatic nitrogens is 2. The number of benzene rings is 2. The highest BCUT2D eigenvalue weighted by Crippen LogP contribution is 2.21. The van der Waals surface area contributed by atoms with Crippen LogP contribution >= 0.6 is 0 Å². The Bertz CT molecular complexity index is 929. The molecule has 4 aromatic rings. The molecule has 102 valence electrons. The van der Waals surface area contributed by atoms with Crippen LogP contribution in [0.25, 0.3) is 21.8 Å². The first-order valence-corrected chi connectivity index (χ1v) is 7.19. The average molecular weight is 272 g/mol. The monoisotopic (exact) mass is 272 g/mol. The standard InChI is InChI=1S/C19H16N2/c1-14-7-8-15-9-11-21(18(15)12-14)13-17-5-2-4-16-6-3-10-20-19(16)17/h2-12H,13H2,1H3. The lowest BCUT2D eigenvalue weighted by molar-refractivity contribution is 0.840. The lowest BCUT2D eigenvalue weighted by Gasteiger charge is -2.09. The number of rotatable bonds is 2. The predicted octanol–water partition coefficient (Wildman–Crippen LogP) is 4.55. The fraction of sp³-hybridized carbons (Fsp3) is 0.105. The van der Waals surface area contributed by atoms with Crippen molar-refractivity contribution in [3.05, 3.63) is 78.1 Å². The maximum atomic E-state index is 4.55. The Hall–Kier alpha value is -2.61. The van der Waals surface area contributed by atoms with Crippen LogP contribution in [-0.2, 0) is 6.54 Å². The van der Waals surface area contributed by atoms with Gasteiger partial charge >= 0.3 is 0 Å². The number of hydrogen-bond donors (Lipinski definition) is 0. The van der Waals surface area contributed by atoms with Crippen LogP contribution < -0.4 is 0 Å². The van der Waals surface area contributed by atoms with Gasteiger partial charge in [0.15, 0.2) is 0 Å². The van der Waals surface area contributed by atoms with Crippen molar-refractivity contribution in [1.29, 1.82) is 0 Å². The summed E-state index contributed by atoms with van der Waals surface area (Å²) >= 11 is 0. The van der Waals surface area contributed by atoms with E-state index in [-0.39, 0.29) is 0 Å². The first kappa shape index (κ1) is 12.2. The first-order chi connectivity index (χ1) is 10.3. The summed E-state index contributed by atoms with van der Waals surface area (Å²) in [6, 6.07) is 19.2. The lowest BCUT2D eigenvalue weighted by Crippen LogP contribution is -1.99. The lowest BCUT2D eigenvalue weighted by atomic mass is 10.1. The van der Waals surface area contributed by atoms with Crippen molar-refractivity contribution >= 4 is 21.8 Å². The van der Waals surface area contributed by atoms with Crippen molar-refractivity contribution in [2.45, 2.75) is 13.5 Å². The molecular weight excluding hydrogens is 256 g/mol. The molecule has 2 nitrogen and oxygen atoms in total. The molecule has 2 aromatic carbocycles. The summed E-state index contributed by atoms with van der Waals surface area (Å²) in [7, 11) is 0. The maximum absolute atomic E-state index is 4.55. The van der Waals surface area contributed by atoms with E-state index in [0.29, 0.717) is 0 Å². The molecule has 0 bridgehead atoms. The van der Waals surface area contributed by atoms with Gasteiger partial charge in [0, 0.05) is 29.8 Å². The Kier molecular flexibility index (Phi) is 2.74. The summed E-state index contributed by atoms with van der Waals surface area (Å²) < 4.78 is 2.30. The number of aryl methyl sites for hydroxylation is 1. The summed E-state index contributed by atoms with van der Waals surface area (Å²) in [6.45, 7) is 2.98. The molecule has 0 spiro atoms. The first-order valence-electron chi connectivity index (χ1n) is 7.19. The summed E-state index contributed by atoms with van der Waals surface area (Å²) in [5, 5.41) is 2.48. The molecule has 0 atom stereocenters. The van der Waals surface area contributed by atoms with E-state index in [0.717, 1.165) is 12.1 Å². The van der Waals surface area contributed by atoms with Gasteiger partial charge in [0.05, 0.1) is 5.52 Å². The van der Waals surface area contributed by atoms with E-state index in [1.807, 2.05) is 12.3 Å². The zero-order valence-electron chi connectivity index (χ0n) is 12.0. The second-order valence-electron chi connectivity index (χ2n) is 5.50. The van der Waals surface area contributed by atoms with Gasteiger partial charge in [-0.3, -0.25) is 4.98 Å². The van der Waals surface area contributed by atoms with Gasteiger partial charge in [0.2, 0.25) is 0 Å². The van der Waals surface area contributed by atoms with Crippen LogP contribution in [0, 0.1) is 6.92 Å². The Morgan fingerprint density at radius 2 is 1.86 bits per heavy atom. The predicted molar refractivity (Wildman–Crippen MR) is 87.5 cm³/mol. The minimum absolute atomic E-state index is 0.849. The van der Waals surface area contributed by atoms with Crippen LogP contribution in [0.2, 0.25) is 0 Å². The third-order valence-corrected chi connectivity index (χ3v) is 3.99. The average Bonchev–Trinajstić information content (AvgIpc) is 2.90. The molecule has 0 fully saturated rings. The van der Waals surface area contributed by atoms with Crippen LogP contribution in [-0.4, -0.2) is 9.55 Å². The number of fused-ring (bicyclic) bond motifs is 2. The maximum Gasteiger partial charge on any atom is 0.0751 e. The largest absolute Gasteiger partial charge is 0.343 e. The van der Waals surface area contributed by atoms with Gasteiger partial charge in [0.1, 0.15) is 0 Å². The van der Waals surface area contributed by atoms with E-state index in [9.17, 15) is 0 Å². The third-order valence-electron chi connectivity index (χ3n) is 3.99. The molecule has 2 heteroatoms. The van der Waals surface area contributed by atoms with Gasteiger partial charge in [-0.2, -0.15) is 0 Å². The Balaban J connectivity index is 1.85. The van der Waals surface area contributed by atoms with E-state index >= 15 is 0 Å². The number of para-hydroxylation sites is 1. The molecule has 21 heavy (non-hydrogen) atoms. The summed E-state index contributed by atoms with van der Waals surface area (Å²) in [5.41, 5.74) is 4.92. The van der Waals surface area contributed by atoms with Crippen LogP contribution in [0.5, 0.6) is 0 Å².